The summed E-state index contributed by atoms with van der Waals surface area (Å²) in [5.41, 5.74) is 3.67. The van der Waals surface area contributed by atoms with Gasteiger partial charge in [-0.15, -0.1) is 0 Å². The van der Waals surface area contributed by atoms with E-state index in [1.807, 2.05) is 0 Å². The van der Waals surface area contributed by atoms with Crippen molar-refractivity contribution < 1.29 is 9.22 Å². The first-order valence-electron chi connectivity index (χ1n) is 10.1. The first-order chi connectivity index (χ1) is 12.2. The van der Waals surface area contributed by atoms with Crippen LogP contribution in [0.3, 0.4) is 0 Å². The minimum absolute atomic E-state index is 0.218. The van der Waals surface area contributed by atoms with Gasteiger partial charge in [0.2, 0.25) is 0 Å². The van der Waals surface area contributed by atoms with E-state index in [9.17, 15) is 4.79 Å². The van der Waals surface area contributed by atoms with Gasteiger partial charge in [0.25, 0.3) is 9.76 Å². The molecule has 0 spiro atoms. The molecular weight excluding hydrogens is 324 g/mol. The van der Waals surface area contributed by atoms with Crippen LogP contribution in [0.5, 0.6) is 0 Å². The monoisotopic (exact) mass is 356 g/mol. The molecule has 0 atom stereocenters. The van der Waals surface area contributed by atoms with Gasteiger partial charge in [0.05, 0.1) is 0 Å². The number of hydrogen-bond donors (Lipinski definition) is 0. The zero-order chi connectivity index (χ0) is 17.6. The van der Waals surface area contributed by atoms with Gasteiger partial charge in [0.15, 0.2) is 0 Å². The topological polar surface area (TPSA) is 26.3 Å². The highest BCUT2D eigenvalue weighted by molar-refractivity contribution is 6.50. The van der Waals surface area contributed by atoms with Crippen molar-refractivity contribution in [3.63, 3.8) is 0 Å². The van der Waals surface area contributed by atoms with Crippen molar-refractivity contribution in [2.45, 2.75) is 83.0 Å². The maximum atomic E-state index is 11.9. The Balaban J connectivity index is 1.89. The molecule has 0 aromatic heterocycles. The van der Waals surface area contributed by atoms with Crippen LogP contribution in [0.25, 0.3) is 0 Å². The van der Waals surface area contributed by atoms with Gasteiger partial charge in [-0.3, -0.25) is 0 Å². The third kappa shape index (κ3) is 4.63. The van der Waals surface area contributed by atoms with Crippen molar-refractivity contribution in [1.82, 2.24) is 0 Å². The molecular formula is C22H32O2Si. The summed E-state index contributed by atoms with van der Waals surface area (Å²) in [6.07, 6.45) is 13.4. The van der Waals surface area contributed by atoms with Gasteiger partial charge in [-0.1, -0.05) is 63.3 Å². The summed E-state index contributed by atoms with van der Waals surface area (Å²) >= 11 is 0. The Labute approximate surface area is 155 Å². The zero-order valence-corrected chi connectivity index (χ0v) is 17.1. The van der Waals surface area contributed by atoms with Crippen molar-refractivity contribution >= 4 is 20.9 Å². The Bertz CT molecular complexity index is 610. The molecule has 2 aliphatic rings. The van der Waals surface area contributed by atoms with E-state index in [2.05, 4.69) is 24.8 Å². The van der Waals surface area contributed by atoms with E-state index in [4.69, 9.17) is 4.43 Å². The van der Waals surface area contributed by atoms with E-state index in [-0.39, 0.29) is 5.97 Å². The summed E-state index contributed by atoms with van der Waals surface area (Å²) in [5, 5.41) is 1.37. The quantitative estimate of drug-likeness (QED) is 0.569. The molecule has 2 aliphatic carbocycles. The minimum atomic E-state index is -1.04. The largest absolute Gasteiger partial charge is 0.517 e. The van der Waals surface area contributed by atoms with Gasteiger partial charge < -0.3 is 4.43 Å². The molecule has 0 saturated heterocycles. The number of carbonyl (C=O) groups is 1. The van der Waals surface area contributed by atoms with Crippen LogP contribution >= 0.6 is 0 Å². The van der Waals surface area contributed by atoms with Crippen molar-refractivity contribution in [1.29, 1.82) is 0 Å². The molecule has 3 heteroatoms. The van der Waals surface area contributed by atoms with E-state index in [0.29, 0.717) is 11.5 Å². The van der Waals surface area contributed by atoms with E-state index in [0.717, 1.165) is 5.92 Å². The Kier molecular flexibility index (Phi) is 6.52. The highest BCUT2D eigenvalue weighted by Gasteiger charge is 2.26. The molecule has 0 bridgehead atoms. The predicted octanol–water partition coefficient (Wildman–Crippen LogP) is 4.61. The van der Waals surface area contributed by atoms with Crippen LogP contribution in [-0.4, -0.2) is 15.7 Å². The second-order valence-electron chi connectivity index (χ2n) is 7.95. The van der Waals surface area contributed by atoms with Crippen LogP contribution in [0.4, 0.5) is 0 Å². The molecule has 136 valence electrons. The lowest BCUT2D eigenvalue weighted by atomic mass is 9.76. The number of rotatable bonds is 5. The van der Waals surface area contributed by atoms with E-state index in [1.54, 1.807) is 18.1 Å². The predicted molar refractivity (Wildman–Crippen MR) is 107 cm³/mol. The van der Waals surface area contributed by atoms with Gasteiger partial charge in [-0.2, -0.15) is 0 Å². The summed E-state index contributed by atoms with van der Waals surface area (Å²) in [7, 11) is -1.04. The third-order valence-corrected chi connectivity index (χ3v) is 7.33. The molecule has 1 aromatic carbocycles. The first-order valence-corrected chi connectivity index (χ1v) is 11.4. The molecule has 25 heavy (non-hydrogen) atoms. The second kappa shape index (κ2) is 8.84. The summed E-state index contributed by atoms with van der Waals surface area (Å²) in [5.74, 6) is 1.18. The summed E-state index contributed by atoms with van der Waals surface area (Å²) in [4.78, 5) is 11.9. The zero-order valence-electron chi connectivity index (χ0n) is 15.7. The number of hydrogen-bond acceptors (Lipinski definition) is 2. The van der Waals surface area contributed by atoms with Gasteiger partial charge in [0, 0.05) is 5.57 Å². The van der Waals surface area contributed by atoms with Crippen LogP contribution < -0.4 is 5.19 Å². The van der Waals surface area contributed by atoms with Crippen molar-refractivity contribution in [2.24, 2.45) is 0 Å². The highest BCUT2D eigenvalue weighted by Crippen LogP contribution is 2.40. The van der Waals surface area contributed by atoms with Crippen LogP contribution in [0.15, 0.2) is 30.4 Å². The maximum Gasteiger partial charge on any atom is 0.319 e. The summed E-state index contributed by atoms with van der Waals surface area (Å²) < 4.78 is 5.66. The third-order valence-electron chi connectivity index (χ3n) is 6.00. The molecule has 1 aromatic rings. The molecule has 2 fully saturated rings. The lowest BCUT2D eigenvalue weighted by Crippen LogP contribution is -2.29. The first kappa shape index (κ1) is 18.4. The van der Waals surface area contributed by atoms with Gasteiger partial charge in [-0.25, -0.2) is 4.79 Å². The molecule has 0 radical (unpaired) electrons. The molecule has 0 unspecified atom stereocenters. The standard InChI is InChI=1S/C22H32O2Si/c1-16(2)22(23)24-25-20-15-9-14-19(17-10-5-3-6-11-17)21(20)18-12-7-4-8-13-18/h9,14-15,17-18H,1,3-8,10-13,25H2,2H3. The van der Waals surface area contributed by atoms with Gasteiger partial charge in [0.1, 0.15) is 0 Å². The minimum Gasteiger partial charge on any atom is -0.517 e. The number of benzene rings is 1. The summed E-state index contributed by atoms with van der Waals surface area (Å²) in [6, 6.07) is 6.81. The fourth-order valence-electron chi connectivity index (χ4n) is 4.68. The smallest absolute Gasteiger partial charge is 0.319 e. The second-order valence-corrected chi connectivity index (χ2v) is 9.29. The lowest BCUT2D eigenvalue weighted by Gasteiger charge is -2.31. The molecule has 0 aliphatic heterocycles. The van der Waals surface area contributed by atoms with Crippen LogP contribution in [0.2, 0.25) is 0 Å². The molecule has 0 heterocycles. The van der Waals surface area contributed by atoms with Crippen LogP contribution in [0.1, 0.15) is 94.1 Å². The van der Waals surface area contributed by atoms with Crippen molar-refractivity contribution in [3.05, 3.63) is 41.5 Å². The highest BCUT2D eigenvalue weighted by atomic mass is 28.2. The Morgan fingerprint density at radius 3 is 2.20 bits per heavy atom. The fraction of sp³-hybridized carbons (Fsp3) is 0.591. The average molecular weight is 357 g/mol. The molecule has 3 rings (SSSR count). The molecule has 2 saturated carbocycles. The lowest BCUT2D eigenvalue weighted by molar-refractivity contribution is -0.129. The Morgan fingerprint density at radius 2 is 1.60 bits per heavy atom. The van der Waals surface area contributed by atoms with Crippen LogP contribution in [-0.2, 0) is 9.22 Å². The van der Waals surface area contributed by atoms with Crippen molar-refractivity contribution in [3.8, 4) is 0 Å². The Morgan fingerprint density at radius 1 is 1.00 bits per heavy atom. The molecule has 0 N–H and O–H groups in total. The Hall–Kier alpha value is -1.35. The molecule has 2 nitrogen and oxygen atoms in total. The fourth-order valence-corrected chi connectivity index (χ4v) is 6.10. The van der Waals surface area contributed by atoms with Gasteiger partial charge in [-0.05, 0) is 60.8 Å². The van der Waals surface area contributed by atoms with E-state index < -0.39 is 9.76 Å². The summed E-state index contributed by atoms with van der Waals surface area (Å²) in [6.45, 7) is 5.45. The van der Waals surface area contributed by atoms with E-state index >= 15 is 0 Å². The maximum absolute atomic E-state index is 11.9. The number of carbonyl (C=O) groups excluding carboxylic acids is 1. The van der Waals surface area contributed by atoms with E-state index in [1.165, 1.54) is 69.4 Å². The van der Waals surface area contributed by atoms with Crippen LogP contribution in [0, 0.1) is 0 Å². The average Bonchev–Trinajstić information content (AvgIpc) is 2.67. The van der Waals surface area contributed by atoms with Crippen molar-refractivity contribution in [2.75, 3.05) is 0 Å². The SMILES string of the molecule is C=C(C)C(=O)O[SiH2]c1cccc(C2CCCCC2)c1C1CCCCC1. The molecule has 0 amide bonds. The van der Waals surface area contributed by atoms with Gasteiger partial charge >= 0.3 is 5.97 Å². The normalized spacial score (nSPS) is 20.0.